The zero-order valence-electron chi connectivity index (χ0n) is 9.16. The molecule has 4 nitrogen and oxygen atoms in total. The number of nitrogens with zero attached hydrogens (tertiary/aromatic N) is 2. The molecule has 0 radical (unpaired) electrons. The van der Waals surface area contributed by atoms with E-state index in [0.717, 1.165) is 12.1 Å². The van der Waals surface area contributed by atoms with Crippen molar-refractivity contribution >= 4 is 5.69 Å². The van der Waals surface area contributed by atoms with Crippen molar-refractivity contribution in [1.82, 2.24) is 10.2 Å². The van der Waals surface area contributed by atoms with Crippen molar-refractivity contribution in [2.45, 2.75) is 27.2 Å². The van der Waals surface area contributed by atoms with Crippen LogP contribution in [-0.2, 0) is 6.42 Å². The molecule has 1 aromatic rings. The summed E-state index contributed by atoms with van der Waals surface area (Å²) in [7, 11) is 1.53. The first kappa shape index (κ1) is 10.8. The maximum Gasteiger partial charge on any atom is 0.256 e. The van der Waals surface area contributed by atoms with Crippen molar-refractivity contribution < 1.29 is 4.74 Å². The molecule has 0 aliphatic rings. The normalized spacial score (nSPS) is 11.4. The quantitative estimate of drug-likeness (QED) is 0.779. The first-order valence-corrected chi connectivity index (χ1v) is 4.58. The Morgan fingerprint density at radius 3 is 2.43 bits per heavy atom. The fourth-order valence-corrected chi connectivity index (χ4v) is 1.23. The number of hydrogen-bond acceptors (Lipinski definition) is 4. The molecule has 14 heavy (non-hydrogen) atoms. The Labute approximate surface area is 84.5 Å². The van der Waals surface area contributed by atoms with E-state index in [2.05, 4.69) is 31.0 Å². The predicted molar refractivity (Wildman–Crippen MR) is 56.2 cm³/mol. The van der Waals surface area contributed by atoms with Gasteiger partial charge in [-0.2, -0.15) is 5.10 Å². The van der Waals surface area contributed by atoms with Crippen LogP contribution in [0.4, 0.5) is 5.69 Å². The lowest BCUT2D eigenvalue weighted by Gasteiger charge is -2.17. The molecule has 0 aromatic carbocycles. The number of anilines is 1. The molecule has 4 heteroatoms. The number of methoxy groups -OCH3 is 1. The Balaban J connectivity index is 2.87. The van der Waals surface area contributed by atoms with Crippen LogP contribution in [-0.4, -0.2) is 17.3 Å². The van der Waals surface area contributed by atoms with Crippen LogP contribution in [0.3, 0.4) is 0 Å². The van der Waals surface area contributed by atoms with Gasteiger partial charge in [-0.25, -0.2) is 0 Å². The van der Waals surface area contributed by atoms with E-state index >= 15 is 0 Å². The van der Waals surface area contributed by atoms with Crippen LogP contribution in [0.25, 0.3) is 0 Å². The molecule has 0 amide bonds. The number of ether oxygens (including phenoxy) is 1. The highest BCUT2D eigenvalue weighted by molar-refractivity contribution is 5.47. The molecule has 78 valence electrons. The van der Waals surface area contributed by atoms with Crippen molar-refractivity contribution in [3.63, 3.8) is 0 Å². The van der Waals surface area contributed by atoms with Gasteiger partial charge in [-0.3, -0.25) is 0 Å². The van der Waals surface area contributed by atoms with Gasteiger partial charge < -0.3 is 10.5 Å². The number of rotatable bonds is 2. The molecule has 1 rings (SSSR count). The molecular formula is C10H17N3O. The van der Waals surface area contributed by atoms with E-state index in [1.165, 1.54) is 7.11 Å². The molecule has 0 aliphatic heterocycles. The lowest BCUT2D eigenvalue weighted by Crippen LogP contribution is -2.12. The van der Waals surface area contributed by atoms with Crippen LogP contribution in [0.15, 0.2) is 6.07 Å². The standard InChI is InChI=1S/C10H17N3O/c1-10(2,3)6-7-5-8(11)9(14-4)13-12-7/h5H,6H2,1-4H3,(H2,11,12). The van der Waals surface area contributed by atoms with Gasteiger partial charge in [-0.1, -0.05) is 20.8 Å². The van der Waals surface area contributed by atoms with E-state index in [9.17, 15) is 0 Å². The molecule has 0 aliphatic carbocycles. The fraction of sp³-hybridized carbons (Fsp3) is 0.600. The third-order valence-corrected chi connectivity index (χ3v) is 1.74. The van der Waals surface area contributed by atoms with Crippen LogP contribution in [0, 0.1) is 5.41 Å². The average Bonchev–Trinajstić information content (AvgIpc) is 2.01. The van der Waals surface area contributed by atoms with E-state index in [1.54, 1.807) is 0 Å². The summed E-state index contributed by atoms with van der Waals surface area (Å²) in [4.78, 5) is 0. The van der Waals surface area contributed by atoms with Gasteiger partial charge in [-0.05, 0) is 17.9 Å². The highest BCUT2D eigenvalue weighted by Gasteiger charge is 2.14. The lowest BCUT2D eigenvalue weighted by atomic mass is 9.90. The van der Waals surface area contributed by atoms with Crippen LogP contribution in [0.1, 0.15) is 26.5 Å². The molecule has 1 aromatic heterocycles. The molecule has 0 unspecified atom stereocenters. The number of nitrogens with two attached hydrogens (primary N) is 1. The molecular weight excluding hydrogens is 178 g/mol. The third kappa shape index (κ3) is 2.87. The molecule has 0 saturated carbocycles. The summed E-state index contributed by atoms with van der Waals surface area (Å²) in [6.07, 6.45) is 0.855. The topological polar surface area (TPSA) is 61.0 Å². The zero-order valence-corrected chi connectivity index (χ0v) is 9.16. The van der Waals surface area contributed by atoms with Gasteiger partial charge in [0, 0.05) is 0 Å². The fourth-order valence-electron chi connectivity index (χ4n) is 1.23. The van der Waals surface area contributed by atoms with Gasteiger partial charge >= 0.3 is 0 Å². The number of hydrogen-bond donors (Lipinski definition) is 1. The summed E-state index contributed by atoms with van der Waals surface area (Å²) in [5.74, 6) is 0.391. The van der Waals surface area contributed by atoms with Gasteiger partial charge in [0.05, 0.1) is 18.5 Å². The lowest BCUT2D eigenvalue weighted by molar-refractivity contribution is 0.384. The van der Waals surface area contributed by atoms with Crippen LogP contribution in [0.2, 0.25) is 0 Å². The number of aromatic nitrogens is 2. The van der Waals surface area contributed by atoms with E-state index in [0.29, 0.717) is 11.6 Å². The van der Waals surface area contributed by atoms with Gasteiger partial charge in [0.15, 0.2) is 0 Å². The minimum absolute atomic E-state index is 0.190. The molecule has 0 bridgehead atoms. The summed E-state index contributed by atoms with van der Waals surface area (Å²) in [5.41, 5.74) is 7.36. The Bertz CT molecular complexity index is 318. The summed E-state index contributed by atoms with van der Waals surface area (Å²) in [6, 6.07) is 1.82. The maximum atomic E-state index is 5.72. The van der Waals surface area contributed by atoms with Gasteiger partial charge in [-0.15, -0.1) is 5.10 Å². The van der Waals surface area contributed by atoms with Crippen molar-refractivity contribution in [1.29, 1.82) is 0 Å². The summed E-state index contributed by atoms with van der Waals surface area (Å²) in [5, 5.41) is 7.92. The van der Waals surface area contributed by atoms with Crippen molar-refractivity contribution in [3.8, 4) is 5.88 Å². The smallest absolute Gasteiger partial charge is 0.256 e. The predicted octanol–water partition coefficient (Wildman–Crippen LogP) is 1.66. The van der Waals surface area contributed by atoms with Crippen molar-refractivity contribution in [2.75, 3.05) is 12.8 Å². The minimum atomic E-state index is 0.190. The Kier molecular flexibility index (Phi) is 2.93. The number of nitrogen functional groups attached to an aromatic ring is 1. The van der Waals surface area contributed by atoms with Crippen LogP contribution < -0.4 is 10.5 Å². The first-order valence-electron chi connectivity index (χ1n) is 4.58. The maximum absolute atomic E-state index is 5.72. The second-order valence-electron chi connectivity index (χ2n) is 4.54. The molecule has 0 saturated heterocycles. The molecule has 1 heterocycles. The monoisotopic (exact) mass is 195 g/mol. The van der Waals surface area contributed by atoms with E-state index in [-0.39, 0.29) is 5.41 Å². The largest absolute Gasteiger partial charge is 0.478 e. The third-order valence-electron chi connectivity index (χ3n) is 1.74. The van der Waals surface area contributed by atoms with Gasteiger partial charge in [0.2, 0.25) is 0 Å². The van der Waals surface area contributed by atoms with Crippen LogP contribution >= 0.6 is 0 Å². The highest BCUT2D eigenvalue weighted by Crippen LogP contribution is 2.22. The molecule has 0 spiro atoms. The second-order valence-corrected chi connectivity index (χ2v) is 4.54. The summed E-state index contributed by atoms with van der Waals surface area (Å²) in [6.45, 7) is 6.44. The average molecular weight is 195 g/mol. The Hall–Kier alpha value is -1.32. The SMILES string of the molecule is COc1nnc(CC(C)(C)C)cc1N. The molecule has 0 fully saturated rings. The first-order chi connectivity index (χ1) is 6.42. The Morgan fingerprint density at radius 1 is 1.36 bits per heavy atom. The summed E-state index contributed by atoms with van der Waals surface area (Å²) < 4.78 is 4.93. The van der Waals surface area contributed by atoms with Gasteiger partial charge in [0.25, 0.3) is 5.88 Å². The van der Waals surface area contributed by atoms with Crippen molar-refractivity contribution in [3.05, 3.63) is 11.8 Å². The highest BCUT2D eigenvalue weighted by atomic mass is 16.5. The Morgan fingerprint density at radius 2 is 2.00 bits per heavy atom. The minimum Gasteiger partial charge on any atom is -0.478 e. The van der Waals surface area contributed by atoms with E-state index in [1.807, 2.05) is 6.07 Å². The molecule has 2 N–H and O–H groups in total. The van der Waals surface area contributed by atoms with Gasteiger partial charge in [0.1, 0.15) is 0 Å². The second kappa shape index (κ2) is 3.82. The molecule has 0 atom stereocenters. The summed E-state index contributed by atoms with van der Waals surface area (Å²) >= 11 is 0. The van der Waals surface area contributed by atoms with Crippen molar-refractivity contribution in [2.24, 2.45) is 5.41 Å². The van der Waals surface area contributed by atoms with E-state index < -0.39 is 0 Å². The van der Waals surface area contributed by atoms with Crippen LogP contribution in [0.5, 0.6) is 5.88 Å². The van der Waals surface area contributed by atoms with E-state index in [4.69, 9.17) is 10.5 Å². The zero-order chi connectivity index (χ0) is 10.8.